The second-order valence-electron chi connectivity index (χ2n) is 9.40. The number of rotatable bonds is 2. The van der Waals surface area contributed by atoms with Gasteiger partial charge in [0.25, 0.3) is 0 Å². The summed E-state index contributed by atoms with van der Waals surface area (Å²) in [6.07, 6.45) is 0.0355. The third kappa shape index (κ3) is 4.45. The van der Waals surface area contributed by atoms with Gasteiger partial charge < -0.3 is 19.3 Å². The summed E-state index contributed by atoms with van der Waals surface area (Å²) < 4.78 is 51.7. The topological polar surface area (TPSA) is 115 Å². The number of aromatic nitrogens is 3. The van der Waals surface area contributed by atoms with E-state index in [4.69, 9.17) is 21.1 Å². The number of anilines is 1. The number of hydrogen-bond acceptors (Lipinski definition) is 9. The van der Waals surface area contributed by atoms with Gasteiger partial charge in [0.1, 0.15) is 22.3 Å². The van der Waals surface area contributed by atoms with Crippen LogP contribution in [0.3, 0.4) is 0 Å². The highest BCUT2D eigenvalue weighted by Gasteiger charge is 2.40. The Balaban J connectivity index is 1.86. The molecule has 0 saturated carbocycles. The fourth-order valence-corrected chi connectivity index (χ4v) is 4.95. The van der Waals surface area contributed by atoms with Gasteiger partial charge in [-0.3, -0.25) is 0 Å². The van der Waals surface area contributed by atoms with Crippen molar-refractivity contribution in [1.29, 1.82) is 0 Å². The maximum atomic E-state index is 15.0. The quantitative estimate of drug-likeness (QED) is 0.439. The summed E-state index contributed by atoms with van der Waals surface area (Å²) >= 11 is 5.96. The highest BCUT2D eigenvalue weighted by molar-refractivity contribution is 7.91. The molecule has 0 N–H and O–H groups in total. The molecule has 1 fully saturated rings. The van der Waals surface area contributed by atoms with Crippen molar-refractivity contribution in [2.24, 2.45) is 0 Å². The summed E-state index contributed by atoms with van der Waals surface area (Å²) in [5.41, 5.74) is -0.920. The third-order valence-corrected chi connectivity index (χ3v) is 7.51. The van der Waals surface area contributed by atoms with Gasteiger partial charge in [-0.15, -0.1) is 0 Å². The molecule has 34 heavy (non-hydrogen) atoms. The zero-order valence-corrected chi connectivity index (χ0v) is 21.2. The van der Waals surface area contributed by atoms with Crippen molar-refractivity contribution in [3.8, 4) is 5.88 Å². The molecule has 0 aromatic carbocycles. The predicted octanol–water partition coefficient (Wildman–Crippen LogP) is 3.21. The highest BCUT2D eigenvalue weighted by atomic mass is 35.5. The molecule has 10 nitrogen and oxygen atoms in total. The SMILES string of the molecule is CCS(=O)(=O)c1nc2c3c(nc(Cl)c(F)c3n1)OCC[C@@H]1CN(C(=O)OC(C)(C)C)[C@H](C)CN21. The van der Waals surface area contributed by atoms with E-state index in [1.807, 2.05) is 11.8 Å². The van der Waals surface area contributed by atoms with Crippen molar-refractivity contribution >= 4 is 44.3 Å². The van der Waals surface area contributed by atoms with Gasteiger partial charge in [0.2, 0.25) is 20.9 Å². The van der Waals surface area contributed by atoms with Crippen LogP contribution in [0.5, 0.6) is 5.88 Å². The van der Waals surface area contributed by atoms with E-state index >= 15 is 4.39 Å². The number of halogens is 2. The van der Waals surface area contributed by atoms with Gasteiger partial charge in [0, 0.05) is 25.6 Å². The van der Waals surface area contributed by atoms with Crippen LogP contribution in [-0.4, -0.2) is 77.5 Å². The normalized spacial score (nSPS) is 20.9. The van der Waals surface area contributed by atoms with Crippen LogP contribution in [0.25, 0.3) is 10.9 Å². The first kappa shape index (κ1) is 24.6. The first-order valence-electron chi connectivity index (χ1n) is 11.0. The Morgan fingerprint density at radius 2 is 1.97 bits per heavy atom. The van der Waals surface area contributed by atoms with Gasteiger partial charge in [0.15, 0.2) is 11.0 Å². The molecular weight excluding hydrogens is 489 g/mol. The van der Waals surface area contributed by atoms with E-state index in [0.717, 1.165) is 0 Å². The van der Waals surface area contributed by atoms with Crippen LogP contribution in [0.2, 0.25) is 5.15 Å². The molecule has 1 amide bonds. The minimum Gasteiger partial charge on any atom is -0.477 e. The number of amides is 1. The summed E-state index contributed by atoms with van der Waals surface area (Å²) in [5.74, 6) is -0.973. The molecule has 186 valence electrons. The molecule has 2 aliphatic heterocycles. The minimum absolute atomic E-state index is 0.0394. The fourth-order valence-electron chi connectivity index (χ4n) is 4.07. The lowest BCUT2D eigenvalue weighted by Gasteiger charge is -2.46. The van der Waals surface area contributed by atoms with Gasteiger partial charge >= 0.3 is 6.09 Å². The van der Waals surface area contributed by atoms with Gasteiger partial charge in [-0.2, -0.15) is 4.98 Å². The van der Waals surface area contributed by atoms with Crippen LogP contribution in [0.4, 0.5) is 15.0 Å². The molecule has 4 heterocycles. The molecule has 1 saturated heterocycles. The van der Waals surface area contributed by atoms with Gasteiger partial charge in [-0.25, -0.2) is 27.6 Å². The molecule has 0 spiro atoms. The predicted molar refractivity (Wildman–Crippen MR) is 124 cm³/mol. The van der Waals surface area contributed by atoms with E-state index in [1.54, 1.807) is 25.7 Å². The van der Waals surface area contributed by atoms with E-state index in [1.165, 1.54) is 6.92 Å². The van der Waals surface area contributed by atoms with E-state index in [2.05, 4.69) is 15.0 Å². The first-order chi connectivity index (χ1) is 15.8. The number of sulfone groups is 1. The van der Waals surface area contributed by atoms with Crippen molar-refractivity contribution in [2.45, 2.75) is 63.9 Å². The van der Waals surface area contributed by atoms with Crippen LogP contribution in [0.1, 0.15) is 41.0 Å². The Kier molecular flexibility index (Phi) is 6.26. The second kappa shape index (κ2) is 8.63. The Bertz CT molecular complexity index is 1250. The van der Waals surface area contributed by atoms with Crippen LogP contribution >= 0.6 is 11.6 Å². The van der Waals surface area contributed by atoms with Gasteiger partial charge in [0.05, 0.1) is 18.4 Å². The number of nitrogens with zero attached hydrogens (tertiary/aromatic N) is 5. The number of carbonyl (C=O) groups excluding carboxylic acids is 1. The Labute approximate surface area is 202 Å². The number of hydrogen-bond donors (Lipinski definition) is 0. The Morgan fingerprint density at radius 1 is 1.26 bits per heavy atom. The molecule has 0 unspecified atom stereocenters. The van der Waals surface area contributed by atoms with Crippen LogP contribution in [0.15, 0.2) is 5.16 Å². The van der Waals surface area contributed by atoms with Crippen molar-refractivity contribution in [1.82, 2.24) is 19.9 Å². The molecule has 0 aliphatic carbocycles. The van der Waals surface area contributed by atoms with E-state index < -0.39 is 37.7 Å². The summed E-state index contributed by atoms with van der Waals surface area (Å²) in [7, 11) is -3.86. The number of piperazine rings is 1. The summed E-state index contributed by atoms with van der Waals surface area (Å²) in [5, 5.41) is -0.807. The Hall–Kier alpha value is -2.47. The second-order valence-corrected chi connectivity index (χ2v) is 11.9. The molecule has 2 aromatic heterocycles. The number of pyridine rings is 1. The zero-order valence-electron chi connectivity index (χ0n) is 19.6. The van der Waals surface area contributed by atoms with E-state index in [-0.39, 0.29) is 47.0 Å². The summed E-state index contributed by atoms with van der Waals surface area (Å²) in [6.45, 7) is 9.53. The van der Waals surface area contributed by atoms with Crippen molar-refractivity contribution < 1.29 is 27.1 Å². The Morgan fingerprint density at radius 3 is 2.62 bits per heavy atom. The smallest absolute Gasteiger partial charge is 0.410 e. The van der Waals surface area contributed by atoms with E-state index in [9.17, 15) is 13.2 Å². The third-order valence-electron chi connectivity index (χ3n) is 5.76. The molecule has 2 aliphatic rings. The maximum absolute atomic E-state index is 15.0. The maximum Gasteiger partial charge on any atom is 0.410 e. The first-order valence-corrected chi connectivity index (χ1v) is 13.0. The molecule has 13 heteroatoms. The average Bonchev–Trinajstić information content (AvgIpc) is 2.74. The van der Waals surface area contributed by atoms with Gasteiger partial charge in [-0.05, 0) is 27.7 Å². The van der Waals surface area contributed by atoms with Crippen molar-refractivity contribution in [2.75, 3.05) is 30.3 Å². The van der Waals surface area contributed by atoms with Crippen LogP contribution < -0.4 is 9.64 Å². The van der Waals surface area contributed by atoms with E-state index in [0.29, 0.717) is 19.5 Å². The largest absolute Gasteiger partial charge is 0.477 e. The molecular formula is C21H27ClFN5O5S. The monoisotopic (exact) mass is 515 g/mol. The minimum atomic E-state index is -3.86. The molecule has 2 aromatic rings. The lowest BCUT2D eigenvalue weighted by atomic mass is 10.0. The average molecular weight is 516 g/mol. The summed E-state index contributed by atoms with van der Waals surface area (Å²) in [4.78, 5) is 28.7. The standard InChI is InChI=1S/C21H27ClFN5O5S/c1-6-34(30,31)19-24-15-13-17(26-19)28-9-11(2)27(20(29)33-21(3,4)5)10-12(28)7-8-32-18(13)25-16(22)14(15)23/h11-12H,6-10H2,1-5H3/t11-,12-/m1/s1. The highest BCUT2D eigenvalue weighted by Crippen LogP contribution is 2.39. The number of fused-ring (bicyclic) bond motifs is 2. The fraction of sp³-hybridized carbons (Fsp3) is 0.619. The molecule has 2 atom stereocenters. The summed E-state index contributed by atoms with van der Waals surface area (Å²) in [6, 6.07) is -0.581. The molecule has 0 radical (unpaired) electrons. The molecule has 4 rings (SSSR count). The lowest BCUT2D eigenvalue weighted by molar-refractivity contribution is 0.0115. The molecule has 0 bridgehead atoms. The lowest BCUT2D eigenvalue weighted by Crippen LogP contribution is -2.60. The number of ether oxygens (including phenoxy) is 2. The van der Waals surface area contributed by atoms with Gasteiger partial charge in [-0.1, -0.05) is 18.5 Å². The number of carbonyl (C=O) groups is 1. The van der Waals surface area contributed by atoms with Crippen molar-refractivity contribution in [3.63, 3.8) is 0 Å². The van der Waals surface area contributed by atoms with Crippen LogP contribution in [0, 0.1) is 5.82 Å². The van der Waals surface area contributed by atoms with Crippen molar-refractivity contribution in [3.05, 3.63) is 11.0 Å². The van der Waals surface area contributed by atoms with Crippen LogP contribution in [-0.2, 0) is 14.6 Å². The zero-order chi connectivity index (χ0) is 25.0.